The number of rotatable bonds is 21. The molecule has 1 atom stereocenters. The lowest BCUT2D eigenvalue weighted by Gasteiger charge is -2.11. The van der Waals surface area contributed by atoms with Gasteiger partial charge in [-0.25, -0.2) is 4.57 Å². The minimum Gasteiger partial charge on any atom is -0.394 e. The normalized spacial score (nSPS) is 12.6. The molecule has 0 aliphatic heterocycles. The van der Waals surface area contributed by atoms with Crippen molar-refractivity contribution < 1.29 is 29.1 Å². The lowest BCUT2D eigenvalue weighted by molar-refractivity contribution is 0.0656. The summed E-state index contributed by atoms with van der Waals surface area (Å²) in [6.45, 7) is 4.80. The predicted octanol–water partition coefficient (Wildman–Crippen LogP) is 6.31. The number of phosphoric acid groups is 1. The first-order valence-corrected chi connectivity index (χ1v) is 14.9. The van der Waals surface area contributed by atoms with Crippen molar-refractivity contribution in [3.63, 3.8) is 0 Å². The second-order valence-corrected chi connectivity index (χ2v) is 10.9. The fourth-order valence-electron chi connectivity index (χ4n) is 3.29. The summed E-state index contributed by atoms with van der Waals surface area (Å²) in [5.74, 6) is 3.01. The highest BCUT2D eigenvalue weighted by atomic mass is 32.2. The minimum absolute atomic E-state index is 0.0184. The smallest absolute Gasteiger partial charge is 0.394 e. The summed E-state index contributed by atoms with van der Waals surface area (Å²) in [6, 6.07) is 0. The van der Waals surface area contributed by atoms with E-state index in [-0.39, 0.29) is 12.7 Å². The molecule has 8 heteroatoms. The van der Waals surface area contributed by atoms with Gasteiger partial charge in [0.25, 0.3) is 0 Å². The number of unbranched alkanes of at least 4 members (excludes halogenated alkanes) is 13. The quantitative estimate of drug-likeness (QED) is 0.111. The van der Waals surface area contributed by atoms with Gasteiger partial charge in [-0.2, -0.15) is 11.8 Å². The molecule has 0 aliphatic carbocycles. The number of aliphatic hydroxyl groups is 1. The van der Waals surface area contributed by atoms with Gasteiger partial charge >= 0.3 is 7.82 Å². The van der Waals surface area contributed by atoms with E-state index in [1.165, 1.54) is 102 Å². The summed E-state index contributed by atoms with van der Waals surface area (Å²) in [5, 5.41) is 9.04. The highest BCUT2D eigenvalue weighted by molar-refractivity contribution is 7.99. The van der Waals surface area contributed by atoms with Crippen LogP contribution >= 0.6 is 19.6 Å². The summed E-state index contributed by atoms with van der Waals surface area (Å²) in [5.41, 5.74) is 0. The molecule has 0 bridgehead atoms. The first-order valence-electron chi connectivity index (χ1n) is 12.2. The van der Waals surface area contributed by atoms with Crippen molar-refractivity contribution in [2.45, 2.75) is 116 Å². The van der Waals surface area contributed by atoms with Gasteiger partial charge in [0, 0.05) is 12.9 Å². The molecule has 0 aromatic carbocycles. The number of thioether (sulfide) groups is 1. The molecular formula is C23H51O6PS. The standard InChI is InChI=1S/C23H48O2S.H3O4P/c1-22(2)18-16-14-12-10-8-6-4-5-7-9-11-13-15-17-19-26-21-23(20-24)25-3;1-5(2,3)4/h22-24H,4-21H2,1-3H3;(H3,1,2,3,4). The molecule has 0 rings (SSSR count). The highest BCUT2D eigenvalue weighted by Crippen LogP contribution is 2.25. The van der Waals surface area contributed by atoms with Crippen molar-refractivity contribution in [1.29, 1.82) is 0 Å². The van der Waals surface area contributed by atoms with E-state index in [4.69, 9.17) is 29.1 Å². The summed E-state index contributed by atoms with van der Waals surface area (Å²) >= 11 is 1.91. The molecule has 0 fully saturated rings. The number of aliphatic hydroxyl groups excluding tert-OH is 1. The zero-order valence-electron chi connectivity index (χ0n) is 20.3. The van der Waals surface area contributed by atoms with Crippen LogP contribution in [0.2, 0.25) is 0 Å². The third kappa shape index (κ3) is 38.0. The monoisotopic (exact) mass is 486 g/mol. The lowest BCUT2D eigenvalue weighted by atomic mass is 10.0. The summed E-state index contributed by atoms with van der Waals surface area (Å²) in [7, 11) is -2.96. The molecule has 0 aliphatic rings. The van der Waals surface area contributed by atoms with E-state index >= 15 is 0 Å². The highest BCUT2D eigenvalue weighted by Gasteiger charge is 2.04. The third-order valence-corrected chi connectivity index (χ3v) is 6.35. The Morgan fingerprint density at radius 1 is 0.742 bits per heavy atom. The molecule has 0 radical (unpaired) electrons. The van der Waals surface area contributed by atoms with E-state index < -0.39 is 7.82 Å². The molecule has 0 aromatic rings. The Morgan fingerprint density at radius 2 is 1.10 bits per heavy atom. The molecule has 31 heavy (non-hydrogen) atoms. The van der Waals surface area contributed by atoms with Crippen LogP contribution in [0.25, 0.3) is 0 Å². The fourth-order valence-corrected chi connectivity index (χ4v) is 4.37. The average molecular weight is 487 g/mol. The van der Waals surface area contributed by atoms with E-state index in [1.807, 2.05) is 11.8 Å². The molecule has 0 saturated heterocycles. The van der Waals surface area contributed by atoms with E-state index in [0.717, 1.165) is 11.7 Å². The van der Waals surface area contributed by atoms with Crippen molar-refractivity contribution in [3.05, 3.63) is 0 Å². The molecule has 0 saturated carbocycles. The van der Waals surface area contributed by atoms with Crippen molar-refractivity contribution in [2.75, 3.05) is 25.2 Å². The van der Waals surface area contributed by atoms with Gasteiger partial charge in [0.2, 0.25) is 0 Å². The Morgan fingerprint density at radius 3 is 1.42 bits per heavy atom. The Bertz CT molecular complexity index is 380. The molecule has 4 N–H and O–H groups in total. The maximum atomic E-state index is 9.04. The third-order valence-electron chi connectivity index (χ3n) is 5.16. The maximum Gasteiger partial charge on any atom is 0.466 e. The molecule has 1 unspecified atom stereocenters. The van der Waals surface area contributed by atoms with Gasteiger partial charge in [-0.3, -0.25) is 0 Å². The largest absolute Gasteiger partial charge is 0.466 e. The van der Waals surface area contributed by atoms with Crippen LogP contribution in [0.4, 0.5) is 0 Å². The van der Waals surface area contributed by atoms with E-state index in [0.29, 0.717) is 0 Å². The van der Waals surface area contributed by atoms with Crippen LogP contribution in [0.15, 0.2) is 0 Å². The number of hydrogen-bond donors (Lipinski definition) is 4. The van der Waals surface area contributed by atoms with Crippen LogP contribution in [0, 0.1) is 5.92 Å². The first kappa shape index (κ1) is 33.6. The van der Waals surface area contributed by atoms with Gasteiger partial charge in [-0.05, 0) is 18.1 Å². The van der Waals surface area contributed by atoms with E-state index in [9.17, 15) is 0 Å². The maximum absolute atomic E-state index is 9.04. The number of hydrogen-bond acceptors (Lipinski definition) is 4. The first-order chi connectivity index (χ1) is 14.7. The Labute approximate surface area is 196 Å². The molecule has 0 amide bonds. The van der Waals surface area contributed by atoms with Gasteiger partial charge in [-0.1, -0.05) is 104 Å². The minimum atomic E-state index is -4.64. The van der Waals surface area contributed by atoms with Crippen LogP contribution in [0.5, 0.6) is 0 Å². The SMILES string of the molecule is COC(CO)CSCCCCCCCCCCCCCCCCC(C)C.O=P(O)(O)O. The average Bonchev–Trinajstić information content (AvgIpc) is 2.68. The molecule has 6 nitrogen and oxygen atoms in total. The topological polar surface area (TPSA) is 107 Å². The van der Waals surface area contributed by atoms with Crippen LogP contribution in [0.3, 0.4) is 0 Å². The van der Waals surface area contributed by atoms with Crippen molar-refractivity contribution >= 4 is 19.6 Å². The van der Waals surface area contributed by atoms with Crippen molar-refractivity contribution in [3.8, 4) is 0 Å². The van der Waals surface area contributed by atoms with Gasteiger partial charge in [0.15, 0.2) is 0 Å². The Kier molecular flexibility index (Phi) is 27.1. The van der Waals surface area contributed by atoms with Crippen molar-refractivity contribution in [1.82, 2.24) is 0 Å². The number of ether oxygens (including phenoxy) is 1. The fraction of sp³-hybridized carbons (Fsp3) is 1.00. The molecular weight excluding hydrogens is 435 g/mol. The molecule has 0 spiro atoms. The van der Waals surface area contributed by atoms with Crippen LogP contribution in [-0.4, -0.2) is 51.1 Å². The van der Waals surface area contributed by atoms with Crippen LogP contribution in [-0.2, 0) is 9.30 Å². The number of methoxy groups -OCH3 is 1. The lowest BCUT2D eigenvalue weighted by Crippen LogP contribution is -2.18. The Hall–Kier alpha value is 0.380. The van der Waals surface area contributed by atoms with Gasteiger partial charge in [-0.15, -0.1) is 0 Å². The van der Waals surface area contributed by atoms with Crippen LogP contribution < -0.4 is 0 Å². The van der Waals surface area contributed by atoms with Crippen molar-refractivity contribution in [2.24, 2.45) is 5.92 Å². The predicted molar refractivity (Wildman–Crippen MR) is 134 cm³/mol. The van der Waals surface area contributed by atoms with E-state index in [2.05, 4.69) is 13.8 Å². The summed E-state index contributed by atoms with van der Waals surface area (Å²) in [4.78, 5) is 21.6. The molecule has 0 heterocycles. The second-order valence-electron chi connectivity index (χ2n) is 8.76. The molecule has 190 valence electrons. The van der Waals surface area contributed by atoms with E-state index in [1.54, 1.807) is 7.11 Å². The summed E-state index contributed by atoms with van der Waals surface area (Å²) in [6.07, 6.45) is 21.4. The summed E-state index contributed by atoms with van der Waals surface area (Å²) < 4.78 is 14.0. The van der Waals surface area contributed by atoms with Gasteiger partial charge in [0.1, 0.15) is 0 Å². The zero-order chi connectivity index (χ0) is 23.8. The second kappa shape index (κ2) is 25.0. The Balaban J connectivity index is 0. The zero-order valence-corrected chi connectivity index (χ0v) is 22.1. The molecule has 0 aromatic heterocycles. The van der Waals surface area contributed by atoms with Gasteiger partial charge in [0.05, 0.1) is 12.7 Å². The van der Waals surface area contributed by atoms with Gasteiger partial charge < -0.3 is 24.5 Å². The van der Waals surface area contributed by atoms with Crippen LogP contribution in [0.1, 0.15) is 110 Å².